The maximum Gasteiger partial charge on any atom is 0.209 e. The van der Waals surface area contributed by atoms with Crippen molar-refractivity contribution >= 4 is 50.2 Å². The molecule has 0 spiro atoms. The van der Waals surface area contributed by atoms with Crippen LogP contribution < -0.4 is 10.0 Å². The second kappa shape index (κ2) is 10.9. The molecular formula is C25H30Cl2N8O2S. The van der Waals surface area contributed by atoms with E-state index in [1.807, 2.05) is 13.0 Å². The second-order valence-corrected chi connectivity index (χ2v) is 12.8. The molecule has 0 amide bonds. The Morgan fingerprint density at radius 3 is 2.74 bits per heavy atom. The monoisotopic (exact) mass is 576 g/mol. The number of fused-ring (bicyclic) bond motifs is 1. The van der Waals surface area contributed by atoms with Crippen LogP contribution in [0.3, 0.4) is 0 Å². The number of anilines is 1. The number of likely N-dealkylation sites (tertiary alicyclic amines) is 1. The zero-order valence-electron chi connectivity index (χ0n) is 21.1. The van der Waals surface area contributed by atoms with Gasteiger partial charge < -0.3 is 9.80 Å². The molecule has 2 fully saturated rings. The quantitative estimate of drug-likeness (QED) is 0.431. The van der Waals surface area contributed by atoms with Gasteiger partial charge in [-0.3, -0.25) is 0 Å². The number of aromatic nitrogens is 4. The van der Waals surface area contributed by atoms with Crippen LogP contribution in [0, 0.1) is 23.2 Å². The van der Waals surface area contributed by atoms with Gasteiger partial charge in [0.25, 0.3) is 0 Å². The number of nitrogens with two attached hydrogens (primary N) is 1. The van der Waals surface area contributed by atoms with Gasteiger partial charge in [-0.2, -0.15) is 10.4 Å². The fourth-order valence-electron chi connectivity index (χ4n) is 5.54. The van der Waals surface area contributed by atoms with E-state index in [-0.39, 0.29) is 17.5 Å². The van der Waals surface area contributed by atoms with Gasteiger partial charge in [-0.1, -0.05) is 29.3 Å². The van der Waals surface area contributed by atoms with E-state index in [0.29, 0.717) is 39.5 Å². The Morgan fingerprint density at radius 2 is 2.03 bits per heavy atom. The van der Waals surface area contributed by atoms with Crippen LogP contribution in [-0.2, 0) is 10.0 Å². The lowest BCUT2D eigenvalue weighted by atomic mass is 9.80. The summed E-state index contributed by atoms with van der Waals surface area (Å²) in [6.45, 7) is 6.45. The zero-order valence-corrected chi connectivity index (χ0v) is 23.4. The van der Waals surface area contributed by atoms with E-state index in [9.17, 15) is 13.7 Å². The summed E-state index contributed by atoms with van der Waals surface area (Å²) < 4.78 is 24.2. The third-order valence-electron chi connectivity index (χ3n) is 7.62. The van der Waals surface area contributed by atoms with Gasteiger partial charge in [-0.05, 0) is 68.8 Å². The number of rotatable bonds is 8. The number of nitrogens with zero attached hydrogens (tertiary/aromatic N) is 7. The number of piperidine rings is 1. The van der Waals surface area contributed by atoms with Gasteiger partial charge in [0.2, 0.25) is 10.0 Å². The van der Waals surface area contributed by atoms with Gasteiger partial charge in [-0.15, -0.1) is 0 Å². The van der Waals surface area contributed by atoms with E-state index in [2.05, 4.69) is 26.0 Å². The predicted octanol–water partition coefficient (Wildman–Crippen LogP) is 3.44. The number of halogens is 2. The topological polar surface area (TPSA) is 134 Å². The molecule has 0 saturated carbocycles. The molecule has 38 heavy (non-hydrogen) atoms. The first-order chi connectivity index (χ1) is 18.1. The van der Waals surface area contributed by atoms with Crippen LogP contribution in [0.15, 0.2) is 24.4 Å². The Bertz CT molecular complexity index is 1480. The molecule has 2 atom stereocenters. The van der Waals surface area contributed by atoms with Gasteiger partial charge >= 0.3 is 0 Å². The maximum atomic E-state index is 11.2. The van der Waals surface area contributed by atoms with E-state index >= 15 is 0 Å². The van der Waals surface area contributed by atoms with E-state index in [0.717, 1.165) is 50.5 Å². The number of benzene rings is 1. The minimum atomic E-state index is -3.41. The number of primary sulfonamides is 1. The minimum Gasteiger partial charge on any atom is -0.355 e. The van der Waals surface area contributed by atoms with Crippen LogP contribution in [0.2, 0.25) is 10.0 Å². The largest absolute Gasteiger partial charge is 0.355 e. The molecule has 0 radical (unpaired) electrons. The van der Waals surface area contributed by atoms with E-state index < -0.39 is 10.0 Å². The molecule has 1 aromatic carbocycles. The summed E-state index contributed by atoms with van der Waals surface area (Å²) in [7, 11) is -3.41. The summed E-state index contributed by atoms with van der Waals surface area (Å²) in [4.78, 5) is 14.0. The standard InChI is InChI=1S/C25H30Cl2N8O2S/c1-16(20-6-5-19(26)10-21(20)27)35-25-24(22(11-28)32-35)30-12-23(31-25)34-14-18(15-34)17-4-2-7-33(13-17)8-3-9-38(29,36)37/h5-6,10,12,16-18H,2-4,7-9,13-15H2,1H3,(H2,29,36,37)/t16-,17?/m1/s1. The summed E-state index contributed by atoms with van der Waals surface area (Å²) >= 11 is 12.5. The first kappa shape index (κ1) is 27.1. The molecule has 4 heterocycles. The molecule has 1 unspecified atom stereocenters. The summed E-state index contributed by atoms with van der Waals surface area (Å²) in [6, 6.07) is 7.17. The minimum absolute atomic E-state index is 0.0272. The van der Waals surface area contributed by atoms with Crippen molar-refractivity contribution in [3.8, 4) is 6.07 Å². The fourth-order valence-corrected chi connectivity index (χ4v) is 6.63. The van der Waals surface area contributed by atoms with Crippen molar-refractivity contribution in [2.75, 3.05) is 43.4 Å². The van der Waals surface area contributed by atoms with Crippen molar-refractivity contribution in [1.82, 2.24) is 24.6 Å². The van der Waals surface area contributed by atoms with Gasteiger partial charge in [0.05, 0.1) is 18.0 Å². The highest BCUT2D eigenvalue weighted by Gasteiger charge is 2.36. The van der Waals surface area contributed by atoms with E-state index in [1.54, 1.807) is 23.0 Å². The van der Waals surface area contributed by atoms with Crippen LogP contribution in [0.5, 0.6) is 0 Å². The third kappa shape index (κ3) is 5.75. The molecular weight excluding hydrogens is 547 g/mol. The average molecular weight is 578 g/mol. The number of sulfonamides is 1. The molecule has 3 aromatic rings. The second-order valence-electron chi connectivity index (χ2n) is 10.2. The van der Waals surface area contributed by atoms with Gasteiger partial charge in [0, 0.05) is 29.7 Å². The first-order valence-corrected chi connectivity index (χ1v) is 15.2. The van der Waals surface area contributed by atoms with Crippen LogP contribution in [0.1, 0.15) is 43.5 Å². The predicted molar refractivity (Wildman–Crippen MR) is 148 cm³/mol. The van der Waals surface area contributed by atoms with Gasteiger partial charge in [0.15, 0.2) is 11.3 Å². The highest BCUT2D eigenvalue weighted by Crippen LogP contribution is 2.35. The summed E-state index contributed by atoms with van der Waals surface area (Å²) in [6.07, 6.45) is 4.57. The molecule has 0 bridgehead atoms. The van der Waals surface area contributed by atoms with Crippen LogP contribution >= 0.6 is 23.2 Å². The lowest BCUT2D eigenvalue weighted by Crippen LogP contribution is -2.54. The molecule has 10 nitrogen and oxygen atoms in total. The van der Waals surface area contributed by atoms with E-state index in [4.69, 9.17) is 33.3 Å². The fraction of sp³-hybridized carbons (Fsp3) is 0.520. The van der Waals surface area contributed by atoms with Gasteiger partial charge in [-0.25, -0.2) is 28.2 Å². The molecule has 2 saturated heterocycles. The van der Waals surface area contributed by atoms with Crippen LogP contribution in [-0.4, -0.2) is 71.5 Å². The summed E-state index contributed by atoms with van der Waals surface area (Å²) in [5, 5.41) is 20.3. The molecule has 2 aromatic heterocycles. The summed E-state index contributed by atoms with van der Waals surface area (Å²) in [5.74, 6) is 1.89. The Hall–Kier alpha value is -2.49. The Kier molecular flexibility index (Phi) is 7.80. The Balaban J connectivity index is 1.29. The van der Waals surface area contributed by atoms with Crippen LogP contribution in [0.4, 0.5) is 5.82 Å². The first-order valence-electron chi connectivity index (χ1n) is 12.7. The SMILES string of the molecule is C[C@H](c1ccc(Cl)cc1Cl)n1nc(C#N)c2ncc(N3CC(C4CCCN(CCCS(N)(=O)=O)C4)C3)nc21. The zero-order chi connectivity index (χ0) is 27.0. The van der Waals surface area contributed by atoms with Gasteiger partial charge in [0.1, 0.15) is 17.4 Å². The third-order valence-corrected chi connectivity index (χ3v) is 9.04. The van der Waals surface area contributed by atoms with E-state index in [1.165, 1.54) is 6.42 Å². The molecule has 5 rings (SSSR count). The average Bonchev–Trinajstić information content (AvgIpc) is 3.20. The molecule has 0 aliphatic carbocycles. The summed E-state index contributed by atoms with van der Waals surface area (Å²) in [5.41, 5.74) is 2.06. The lowest BCUT2D eigenvalue weighted by Gasteiger charge is -2.47. The molecule has 202 valence electrons. The lowest BCUT2D eigenvalue weighted by molar-refractivity contribution is 0.120. The highest BCUT2D eigenvalue weighted by molar-refractivity contribution is 7.89. The van der Waals surface area contributed by atoms with Crippen LogP contribution in [0.25, 0.3) is 11.2 Å². The van der Waals surface area contributed by atoms with Crippen molar-refractivity contribution in [3.63, 3.8) is 0 Å². The van der Waals surface area contributed by atoms with Crippen molar-refractivity contribution in [2.24, 2.45) is 17.0 Å². The normalized spacial score (nSPS) is 19.9. The molecule has 2 aliphatic rings. The number of hydrogen-bond donors (Lipinski definition) is 1. The van der Waals surface area contributed by atoms with Crippen molar-refractivity contribution in [2.45, 2.75) is 32.2 Å². The number of nitriles is 1. The smallest absolute Gasteiger partial charge is 0.209 e. The molecule has 13 heteroatoms. The van der Waals surface area contributed by atoms with Crippen molar-refractivity contribution in [3.05, 3.63) is 45.7 Å². The molecule has 2 aliphatic heterocycles. The number of hydrogen-bond acceptors (Lipinski definition) is 8. The molecule has 2 N–H and O–H groups in total. The maximum absolute atomic E-state index is 11.2. The Morgan fingerprint density at radius 1 is 1.24 bits per heavy atom. The van der Waals surface area contributed by atoms with Crippen molar-refractivity contribution < 1.29 is 8.42 Å². The highest BCUT2D eigenvalue weighted by atomic mass is 35.5. The van der Waals surface area contributed by atoms with Crippen molar-refractivity contribution in [1.29, 1.82) is 5.26 Å². The Labute approximate surface area is 232 Å².